The predicted octanol–water partition coefficient (Wildman–Crippen LogP) is 1.13. The van der Waals surface area contributed by atoms with Gasteiger partial charge in [0.15, 0.2) is 0 Å². The maximum atomic E-state index is 12.4. The summed E-state index contributed by atoms with van der Waals surface area (Å²) < 4.78 is 19.2. The summed E-state index contributed by atoms with van der Waals surface area (Å²) in [5.41, 5.74) is -2.08. The van der Waals surface area contributed by atoms with Crippen LogP contribution in [0.2, 0.25) is 0 Å². The van der Waals surface area contributed by atoms with Crippen molar-refractivity contribution in [2.75, 3.05) is 21.3 Å². The van der Waals surface area contributed by atoms with E-state index in [0.717, 1.165) is 21.3 Å². The van der Waals surface area contributed by atoms with Crippen LogP contribution in [0.1, 0.15) is 23.7 Å². The molecule has 0 aliphatic heterocycles. The van der Waals surface area contributed by atoms with Crippen LogP contribution < -0.4 is 0 Å². The third-order valence-electron chi connectivity index (χ3n) is 3.70. The van der Waals surface area contributed by atoms with Gasteiger partial charge in [-0.05, 0) is 19.1 Å². The number of rotatable bonds is 7. The molecule has 1 aromatic rings. The van der Waals surface area contributed by atoms with Crippen molar-refractivity contribution in [1.82, 2.24) is 0 Å². The second kappa shape index (κ2) is 8.81. The Kier molecular flexibility index (Phi) is 7.10. The maximum absolute atomic E-state index is 12.4. The second-order valence-corrected chi connectivity index (χ2v) is 5.13. The van der Waals surface area contributed by atoms with Crippen molar-refractivity contribution >= 4 is 23.9 Å². The molecule has 8 heteroatoms. The Hall–Kier alpha value is -2.90. The van der Waals surface area contributed by atoms with E-state index in [1.807, 2.05) is 0 Å². The first kappa shape index (κ1) is 20.1. The molecule has 1 aromatic carbocycles. The first-order valence-corrected chi connectivity index (χ1v) is 7.33. The summed E-state index contributed by atoms with van der Waals surface area (Å²) in [4.78, 5) is 48.6. The van der Waals surface area contributed by atoms with E-state index < -0.39 is 41.8 Å². The molecule has 1 rings (SSSR count). The van der Waals surface area contributed by atoms with Crippen molar-refractivity contribution in [2.24, 2.45) is 5.92 Å². The van der Waals surface area contributed by atoms with Crippen molar-refractivity contribution in [3.63, 3.8) is 0 Å². The first-order chi connectivity index (χ1) is 11.8. The molecule has 0 saturated heterocycles. The van der Waals surface area contributed by atoms with Crippen molar-refractivity contribution in [1.29, 1.82) is 0 Å². The smallest absolute Gasteiger partial charge is 0.351 e. The lowest BCUT2D eigenvalue weighted by molar-refractivity contribution is -0.182. The van der Waals surface area contributed by atoms with E-state index in [1.54, 1.807) is 18.2 Å². The van der Waals surface area contributed by atoms with Crippen molar-refractivity contribution in [3.8, 4) is 0 Å². The molecule has 0 N–H and O–H groups in total. The van der Waals surface area contributed by atoms with Gasteiger partial charge in [0.05, 0.1) is 33.3 Å². The van der Waals surface area contributed by atoms with Gasteiger partial charge in [0.1, 0.15) is 5.92 Å². The molecule has 0 spiro atoms. The summed E-state index contributed by atoms with van der Waals surface area (Å²) >= 11 is 0. The lowest BCUT2D eigenvalue weighted by Gasteiger charge is -2.33. The molecule has 0 amide bonds. The zero-order chi connectivity index (χ0) is 19.0. The molecular weight excluding hydrogens is 332 g/mol. The summed E-state index contributed by atoms with van der Waals surface area (Å²) in [6, 6.07) is 7.81. The lowest BCUT2D eigenvalue weighted by Crippen LogP contribution is -2.54. The summed E-state index contributed by atoms with van der Waals surface area (Å²) in [5.74, 6) is -4.99. The minimum absolute atomic E-state index is 0.137. The molecule has 136 valence electrons. The third kappa shape index (κ3) is 4.56. The predicted molar refractivity (Wildman–Crippen MR) is 84.4 cm³/mol. The number of hydrogen-bond acceptors (Lipinski definition) is 8. The molecule has 2 atom stereocenters. The van der Waals surface area contributed by atoms with E-state index in [0.29, 0.717) is 0 Å². The number of benzene rings is 1. The monoisotopic (exact) mass is 352 g/mol. The molecular formula is C17H20O8. The summed E-state index contributed by atoms with van der Waals surface area (Å²) in [7, 11) is 3.26. The fraction of sp³-hybridized carbons (Fsp3) is 0.412. The van der Waals surface area contributed by atoms with Gasteiger partial charge in [0.25, 0.3) is 0 Å². The van der Waals surface area contributed by atoms with E-state index in [2.05, 4.69) is 14.2 Å². The molecule has 2 unspecified atom stereocenters. The van der Waals surface area contributed by atoms with Crippen LogP contribution in [-0.4, -0.2) is 50.8 Å². The Labute approximate surface area is 145 Å². The van der Waals surface area contributed by atoms with Gasteiger partial charge in [-0.2, -0.15) is 0 Å². The Morgan fingerprint density at radius 3 is 2.04 bits per heavy atom. The van der Waals surface area contributed by atoms with Crippen molar-refractivity contribution < 1.29 is 38.1 Å². The largest absolute Gasteiger partial charge is 0.469 e. The Morgan fingerprint density at radius 2 is 1.56 bits per heavy atom. The van der Waals surface area contributed by atoms with Gasteiger partial charge in [0.2, 0.25) is 5.60 Å². The van der Waals surface area contributed by atoms with Gasteiger partial charge in [-0.25, -0.2) is 9.59 Å². The summed E-state index contributed by atoms with van der Waals surface area (Å²) in [6.45, 7) is 1.30. The van der Waals surface area contributed by atoms with Crippen LogP contribution in [0.15, 0.2) is 30.3 Å². The number of carbonyl (C=O) groups is 4. The van der Waals surface area contributed by atoms with E-state index in [1.165, 1.54) is 19.1 Å². The first-order valence-electron chi connectivity index (χ1n) is 7.33. The van der Waals surface area contributed by atoms with Gasteiger partial charge < -0.3 is 18.9 Å². The van der Waals surface area contributed by atoms with Crippen LogP contribution in [-0.2, 0) is 33.3 Å². The highest BCUT2D eigenvalue weighted by atomic mass is 16.6. The standard InChI is InChI=1S/C17H20O8/c1-11(14(19)23-3)17(16(21)24-4,10-13(18)22-2)25-15(20)12-8-6-5-7-9-12/h5-9,11H,10H2,1-4H3. The minimum atomic E-state index is -2.22. The fourth-order valence-electron chi connectivity index (χ4n) is 2.19. The van der Waals surface area contributed by atoms with Gasteiger partial charge in [0, 0.05) is 0 Å². The molecule has 0 aliphatic rings. The normalized spacial score (nSPS) is 13.8. The van der Waals surface area contributed by atoms with Crippen LogP contribution in [0.4, 0.5) is 0 Å². The average Bonchev–Trinajstić information content (AvgIpc) is 2.65. The number of methoxy groups -OCH3 is 3. The number of hydrogen-bond donors (Lipinski definition) is 0. The zero-order valence-corrected chi connectivity index (χ0v) is 14.4. The summed E-state index contributed by atoms with van der Waals surface area (Å²) in [6.07, 6.45) is -0.703. The Morgan fingerprint density at radius 1 is 0.960 bits per heavy atom. The van der Waals surface area contributed by atoms with Gasteiger partial charge in [-0.15, -0.1) is 0 Å². The van der Waals surface area contributed by atoms with Crippen LogP contribution in [0.5, 0.6) is 0 Å². The van der Waals surface area contributed by atoms with E-state index in [4.69, 9.17) is 4.74 Å². The van der Waals surface area contributed by atoms with Crippen LogP contribution in [0, 0.1) is 5.92 Å². The zero-order valence-electron chi connectivity index (χ0n) is 14.4. The number of ether oxygens (including phenoxy) is 4. The molecule has 0 fully saturated rings. The Bertz CT molecular complexity index is 639. The molecule has 0 radical (unpaired) electrons. The molecule has 0 saturated carbocycles. The molecule has 0 aliphatic carbocycles. The second-order valence-electron chi connectivity index (χ2n) is 5.13. The number of esters is 4. The van der Waals surface area contributed by atoms with Crippen molar-refractivity contribution in [3.05, 3.63) is 35.9 Å². The maximum Gasteiger partial charge on any atom is 0.351 e. The highest BCUT2D eigenvalue weighted by Crippen LogP contribution is 2.31. The van der Waals surface area contributed by atoms with Crippen molar-refractivity contribution in [2.45, 2.75) is 18.9 Å². The Balaban J connectivity index is 3.36. The highest BCUT2D eigenvalue weighted by molar-refractivity contribution is 5.97. The van der Waals surface area contributed by atoms with E-state index in [9.17, 15) is 19.2 Å². The van der Waals surface area contributed by atoms with Gasteiger partial charge in [-0.1, -0.05) is 18.2 Å². The lowest BCUT2D eigenvalue weighted by atomic mass is 9.85. The van der Waals surface area contributed by atoms with E-state index >= 15 is 0 Å². The molecule has 0 bridgehead atoms. The molecule has 8 nitrogen and oxygen atoms in total. The van der Waals surface area contributed by atoms with Crippen LogP contribution in [0.3, 0.4) is 0 Å². The van der Waals surface area contributed by atoms with E-state index in [-0.39, 0.29) is 5.56 Å². The van der Waals surface area contributed by atoms with Gasteiger partial charge in [-0.3, -0.25) is 9.59 Å². The number of carbonyl (C=O) groups excluding carboxylic acids is 4. The third-order valence-corrected chi connectivity index (χ3v) is 3.70. The molecule has 0 heterocycles. The summed E-state index contributed by atoms with van der Waals surface area (Å²) in [5, 5.41) is 0. The quantitative estimate of drug-likeness (QED) is 0.531. The average molecular weight is 352 g/mol. The SMILES string of the molecule is COC(=O)CC(OC(=O)c1ccccc1)(C(=O)OC)C(C)C(=O)OC. The van der Waals surface area contributed by atoms with Crippen LogP contribution in [0.25, 0.3) is 0 Å². The molecule has 0 aromatic heterocycles. The minimum Gasteiger partial charge on any atom is -0.469 e. The molecule has 25 heavy (non-hydrogen) atoms. The topological polar surface area (TPSA) is 105 Å². The highest BCUT2D eigenvalue weighted by Gasteiger charge is 2.54. The van der Waals surface area contributed by atoms with Gasteiger partial charge >= 0.3 is 23.9 Å². The fourth-order valence-corrected chi connectivity index (χ4v) is 2.19. The van der Waals surface area contributed by atoms with Crippen LogP contribution >= 0.6 is 0 Å².